The van der Waals surface area contributed by atoms with Crippen molar-refractivity contribution in [3.05, 3.63) is 42.5 Å². The molecule has 2 aromatic rings. The minimum Gasteiger partial charge on any atom is -0.497 e. The standard InChI is InChI=1S/C15H16N4O3/c1-22-12-4-2-11(3-5-12)19-8-10(6-14(19)20)18-15(21)13-7-16-9-17-13/h2-5,7,9-10H,6,8H2,1H3,(H,16,17)(H,18,21)/t10-/m0/s1. The first-order valence-corrected chi connectivity index (χ1v) is 6.91. The zero-order chi connectivity index (χ0) is 15.5. The van der Waals surface area contributed by atoms with Crippen LogP contribution in [0.25, 0.3) is 0 Å². The lowest BCUT2D eigenvalue weighted by Crippen LogP contribution is -2.37. The molecule has 1 saturated heterocycles. The van der Waals surface area contributed by atoms with E-state index in [1.807, 2.05) is 12.1 Å². The summed E-state index contributed by atoms with van der Waals surface area (Å²) in [6.45, 7) is 0.449. The van der Waals surface area contributed by atoms with Crippen LogP contribution in [0.1, 0.15) is 16.9 Å². The summed E-state index contributed by atoms with van der Waals surface area (Å²) in [6, 6.07) is 7.05. The number of benzene rings is 1. The summed E-state index contributed by atoms with van der Waals surface area (Å²) in [5, 5.41) is 2.84. The third-order valence-electron chi connectivity index (χ3n) is 3.59. The minimum atomic E-state index is -0.258. The summed E-state index contributed by atoms with van der Waals surface area (Å²) in [5.74, 6) is 0.464. The molecule has 0 bridgehead atoms. The van der Waals surface area contributed by atoms with Gasteiger partial charge in [-0.2, -0.15) is 0 Å². The number of nitrogens with one attached hydrogen (secondary N) is 2. The molecule has 1 aliphatic heterocycles. The Labute approximate surface area is 127 Å². The summed E-state index contributed by atoms with van der Waals surface area (Å²) >= 11 is 0. The molecule has 0 saturated carbocycles. The molecule has 0 aliphatic carbocycles. The summed E-state index contributed by atoms with van der Waals surface area (Å²) in [5.41, 5.74) is 1.18. The number of amides is 2. The van der Waals surface area contributed by atoms with Crippen molar-refractivity contribution >= 4 is 17.5 Å². The molecule has 2 heterocycles. The number of anilines is 1. The van der Waals surface area contributed by atoms with Gasteiger partial charge in [0, 0.05) is 18.7 Å². The summed E-state index contributed by atoms with van der Waals surface area (Å²) in [4.78, 5) is 32.3. The Kier molecular flexibility index (Phi) is 3.78. The smallest absolute Gasteiger partial charge is 0.269 e. The molecule has 2 amide bonds. The minimum absolute atomic E-state index is 0.0138. The van der Waals surface area contributed by atoms with E-state index in [9.17, 15) is 9.59 Å². The molecule has 3 rings (SSSR count). The van der Waals surface area contributed by atoms with E-state index in [2.05, 4.69) is 15.3 Å². The quantitative estimate of drug-likeness (QED) is 0.880. The molecule has 0 spiro atoms. The van der Waals surface area contributed by atoms with E-state index in [-0.39, 0.29) is 24.3 Å². The third kappa shape index (κ3) is 2.78. The van der Waals surface area contributed by atoms with Gasteiger partial charge in [0.1, 0.15) is 11.4 Å². The number of aromatic nitrogens is 2. The maximum atomic E-state index is 12.1. The molecule has 22 heavy (non-hydrogen) atoms. The number of hydrogen-bond acceptors (Lipinski definition) is 4. The van der Waals surface area contributed by atoms with Crippen molar-refractivity contribution in [2.45, 2.75) is 12.5 Å². The Balaban J connectivity index is 1.66. The molecule has 2 N–H and O–H groups in total. The number of carbonyl (C=O) groups excluding carboxylic acids is 2. The highest BCUT2D eigenvalue weighted by atomic mass is 16.5. The van der Waals surface area contributed by atoms with Crippen LogP contribution in [0.2, 0.25) is 0 Å². The lowest BCUT2D eigenvalue weighted by molar-refractivity contribution is -0.117. The Morgan fingerprint density at radius 1 is 1.41 bits per heavy atom. The number of carbonyl (C=O) groups is 2. The third-order valence-corrected chi connectivity index (χ3v) is 3.59. The van der Waals surface area contributed by atoms with Crippen molar-refractivity contribution in [1.29, 1.82) is 0 Å². The van der Waals surface area contributed by atoms with Gasteiger partial charge in [-0.05, 0) is 24.3 Å². The van der Waals surface area contributed by atoms with Crippen LogP contribution in [-0.2, 0) is 4.79 Å². The van der Waals surface area contributed by atoms with Gasteiger partial charge in [-0.25, -0.2) is 4.98 Å². The predicted molar refractivity (Wildman–Crippen MR) is 79.8 cm³/mol. The van der Waals surface area contributed by atoms with Gasteiger partial charge in [-0.3, -0.25) is 9.59 Å². The molecular weight excluding hydrogens is 284 g/mol. The molecule has 114 valence electrons. The second kappa shape index (κ2) is 5.88. The Hall–Kier alpha value is -2.83. The van der Waals surface area contributed by atoms with Crippen LogP contribution in [0, 0.1) is 0 Å². The molecule has 1 aromatic carbocycles. The summed E-state index contributed by atoms with van der Waals surface area (Å²) in [7, 11) is 1.59. The van der Waals surface area contributed by atoms with Gasteiger partial charge < -0.3 is 19.9 Å². The van der Waals surface area contributed by atoms with E-state index >= 15 is 0 Å². The summed E-state index contributed by atoms with van der Waals surface area (Å²) in [6.07, 6.45) is 3.18. The van der Waals surface area contributed by atoms with Crippen LogP contribution in [0.3, 0.4) is 0 Å². The SMILES string of the molecule is COc1ccc(N2C[C@@H](NC(=O)c3cnc[nH]3)CC2=O)cc1. The number of aromatic amines is 1. The topological polar surface area (TPSA) is 87.3 Å². The summed E-state index contributed by atoms with van der Waals surface area (Å²) < 4.78 is 5.10. The normalized spacial score (nSPS) is 17.6. The number of methoxy groups -OCH3 is 1. The van der Waals surface area contributed by atoms with E-state index in [4.69, 9.17) is 4.74 Å². The fraction of sp³-hybridized carbons (Fsp3) is 0.267. The highest BCUT2D eigenvalue weighted by molar-refractivity contribution is 5.98. The van der Waals surface area contributed by atoms with Gasteiger partial charge >= 0.3 is 0 Å². The fourth-order valence-electron chi connectivity index (χ4n) is 2.46. The van der Waals surface area contributed by atoms with E-state index < -0.39 is 0 Å². The number of hydrogen-bond donors (Lipinski definition) is 2. The molecule has 1 aliphatic rings. The number of imidazole rings is 1. The maximum Gasteiger partial charge on any atom is 0.269 e. The number of H-pyrrole nitrogens is 1. The largest absolute Gasteiger partial charge is 0.497 e. The van der Waals surface area contributed by atoms with E-state index in [1.165, 1.54) is 12.5 Å². The molecule has 7 nitrogen and oxygen atoms in total. The highest BCUT2D eigenvalue weighted by Gasteiger charge is 2.31. The van der Waals surface area contributed by atoms with Crippen molar-refractivity contribution < 1.29 is 14.3 Å². The Bertz CT molecular complexity index is 667. The van der Waals surface area contributed by atoms with E-state index in [0.29, 0.717) is 12.2 Å². The van der Waals surface area contributed by atoms with Gasteiger partial charge in [0.15, 0.2) is 0 Å². The lowest BCUT2D eigenvalue weighted by Gasteiger charge is -2.17. The van der Waals surface area contributed by atoms with Gasteiger partial charge in [0.05, 0.1) is 25.7 Å². The highest BCUT2D eigenvalue weighted by Crippen LogP contribution is 2.24. The van der Waals surface area contributed by atoms with Crippen LogP contribution >= 0.6 is 0 Å². The number of rotatable bonds is 4. The second-order valence-corrected chi connectivity index (χ2v) is 5.04. The second-order valence-electron chi connectivity index (χ2n) is 5.04. The maximum absolute atomic E-state index is 12.1. The average Bonchev–Trinajstić information content (AvgIpc) is 3.17. The molecular formula is C15H16N4O3. The molecule has 1 fully saturated rings. The van der Waals surface area contributed by atoms with Crippen molar-refractivity contribution in [2.75, 3.05) is 18.6 Å². The number of nitrogens with zero attached hydrogens (tertiary/aromatic N) is 2. The zero-order valence-corrected chi connectivity index (χ0v) is 12.1. The monoisotopic (exact) mass is 300 g/mol. The van der Waals surface area contributed by atoms with E-state index in [0.717, 1.165) is 11.4 Å². The molecule has 7 heteroatoms. The van der Waals surface area contributed by atoms with Gasteiger partial charge in [0.25, 0.3) is 5.91 Å². The van der Waals surface area contributed by atoms with Crippen LogP contribution in [0.15, 0.2) is 36.8 Å². The van der Waals surface area contributed by atoms with Gasteiger partial charge in [-0.1, -0.05) is 0 Å². The van der Waals surface area contributed by atoms with Crippen LogP contribution in [0.4, 0.5) is 5.69 Å². The number of ether oxygens (including phenoxy) is 1. The van der Waals surface area contributed by atoms with Crippen LogP contribution in [0.5, 0.6) is 5.75 Å². The Morgan fingerprint density at radius 2 is 2.18 bits per heavy atom. The first-order chi connectivity index (χ1) is 10.7. The van der Waals surface area contributed by atoms with Crippen molar-refractivity contribution in [3.8, 4) is 5.75 Å². The Morgan fingerprint density at radius 3 is 2.82 bits per heavy atom. The molecule has 0 unspecified atom stereocenters. The zero-order valence-electron chi connectivity index (χ0n) is 12.1. The van der Waals surface area contributed by atoms with E-state index in [1.54, 1.807) is 24.1 Å². The molecule has 0 radical (unpaired) electrons. The first kappa shape index (κ1) is 14.1. The fourth-order valence-corrected chi connectivity index (χ4v) is 2.46. The van der Waals surface area contributed by atoms with Gasteiger partial charge in [0.2, 0.25) is 5.91 Å². The molecule has 1 aromatic heterocycles. The van der Waals surface area contributed by atoms with Gasteiger partial charge in [-0.15, -0.1) is 0 Å². The van der Waals surface area contributed by atoms with Crippen molar-refractivity contribution in [1.82, 2.24) is 15.3 Å². The van der Waals surface area contributed by atoms with Crippen molar-refractivity contribution in [3.63, 3.8) is 0 Å². The van der Waals surface area contributed by atoms with Crippen LogP contribution < -0.4 is 15.0 Å². The average molecular weight is 300 g/mol. The lowest BCUT2D eigenvalue weighted by atomic mass is 10.2. The molecule has 1 atom stereocenters. The van der Waals surface area contributed by atoms with Crippen molar-refractivity contribution in [2.24, 2.45) is 0 Å². The van der Waals surface area contributed by atoms with Crippen LogP contribution in [-0.4, -0.2) is 41.5 Å². The predicted octanol–water partition coefficient (Wildman–Crippen LogP) is 0.954. The first-order valence-electron chi connectivity index (χ1n) is 6.91.